The fourth-order valence-electron chi connectivity index (χ4n) is 4.26. The average molecular weight is 440 g/mol. The number of Topliss-reactive ketones (excluding diaryl/α,β-unsaturated/α-hetero) is 1. The highest BCUT2D eigenvalue weighted by Crippen LogP contribution is 2.43. The quantitative estimate of drug-likeness (QED) is 0.290. The summed E-state index contributed by atoms with van der Waals surface area (Å²) in [5.74, 6) is -0.0413. The van der Waals surface area contributed by atoms with Crippen LogP contribution in [0.25, 0.3) is 39.0 Å². The molecule has 5 nitrogen and oxygen atoms in total. The van der Waals surface area contributed by atoms with Crippen molar-refractivity contribution in [3.05, 3.63) is 102 Å². The Morgan fingerprint density at radius 3 is 1.44 bits per heavy atom. The molecule has 0 radical (unpaired) electrons. The van der Waals surface area contributed by atoms with Crippen LogP contribution in [0.1, 0.15) is 15.9 Å². The zero-order valence-electron chi connectivity index (χ0n) is 17.8. The summed E-state index contributed by atoms with van der Waals surface area (Å²) in [6.45, 7) is 0. The zero-order valence-corrected chi connectivity index (χ0v) is 17.8. The molecule has 160 valence electrons. The average Bonchev–Trinajstić information content (AvgIpc) is 2.87. The number of rotatable bonds is 2. The van der Waals surface area contributed by atoms with Gasteiger partial charge in [0, 0.05) is 5.56 Å². The Morgan fingerprint density at radius 2 is 0.971 bits per heavy atom. The maximum atomic E-state index is 13.4. The molecule has 0 unspecified atom stereocenters. The number of carbonyl (C=O) groups is 1. The van der Waals surface area contributed by atoms with Crippen LogP contribution in [0.3, 0.4) is 0 Å². The lowest BCUT2D eigenvalue weighted by Crippen LogP contribution is -2.13. The fraction of sp³-hybridized carbons (Fsp3) is 0. The maximum absolute atomic E-state index is 13.4. The SMILES string of the molecule is N#CC(C#N)=C1C(=O)c2ccc(-c3ccc(O)cc3)cc2-c2cc(-c3ccc(O)cc3)ccc21. The summed E-state index contributed by atoms with van der Waals surface area (Å²) in [4.78, 5) is 13.4. The number of carbonyl (C=O) groups excluding carboxylic acids is 1. The van der Waals surface area contributed by atoms with Crippen LogP contribution in [0.15, 0.2) is 90.5 Å². The van der Waals surface area contributed by atoms with E-state index in [-0.39, 0.29) is 28.4 Å². The Hall–Kier alpha value is -5.13. The summed E-state index contributed by atoms with van der Waals surface area (Å²) in [7, 11) is 0. The van der Waals surface area contributed by atoms with Crippen molar-refractivity contribution in [2.75, 3.05) is 0 Å². The predicted octanol–water partition coefficient (Wildman–Crippen LogP) is 6.10. The van der Waals surface area contributed by atoms with E-state index in [1.807, 2.05) is 36.4 Å². The minimum Gasteiger partial charge on any atom is -0.508 e. The van der Waals surface area contributed by atoms with Crippen molar-refractivity contribution >= 4 is 11.4 Å². The minimum atomic E-state index is -0.366. The monoisotopic (exact) mass is 440 g/mol. The Bertz CT molecular complexity index is 1570. The van der Waals surface area contributed by atoms with E-state index in [9.17, 15) is 25.5 Å². The Labute approximate surface area is 195 Å². The maximum Gasteiger partial charge on any atom is 0.196 e. The van der Waals surface area contributed by atoms with Gasteiger partial charge in [-0.25, -0.2) is 0 Å². The molecule has 2 N–H and O–H groups in total. The van der Waals surface area contributed by atoms with Gasteiger partial charge in [0.25, 0.3) is 0 Å². The molecule has 0 heterocycles. The largest absolute Gasteiger partial charge is 0.508 e. The second-order valence-corrected chi connectivity index (χ2v) is 7.92. The number of nitriles is 2. The number of aromatic hydroxyl groups is 2. The molecule has 0 aromatic heterocycles. The van der Waals surface area contributed by atoms with E-state index in [1.165, 1.54) is 0 Å². The Balaban J connectivity index is 1.78. The van der Waals surface area contributed by atoms with Gasteiger partial charge in [-0.05, 0) is 81.4 Å². The molecule has 0 atom stereocenters. The van der Waals surface area contributed by atoms with E-state index in [0.717, 1.165) is 27.8 Å². The van der Waals surface area contributed by atoms with Crippen molar-refractivity contribution in [3.8, 4) is 57.0 Å². The van der Waals surface area contributed by atoms with Crippen molar-refractivity contribution in [2.24, 2.45) is 0 Å². The number of phenolic OH excluding ortho intramolecular Hbond substituents is 2. The van der Waals surface area contributed by atoms with Gasteiger partial charge in [0.15, 0.2) is 5.78 Å². The van der Waals surface area contributed by atoms with Gasteiger partial charge in [-0.3, -0.25) is 4.79 Å². The number of phenols is 2. The molecule has 1 aliphatic rings. The molecule has 5 rings (SSSR count). The summed E-state index contributed by atoms with van der Waals surface area (Å²) in [6, 6.07) is 28.3. The molecule has 34 heavy (non-hydrogen) atoms. The fourth-order valence-corrected chi connectivity index (χ4v) is 4.26. The Morgan fingerprint density at radius 1 is 0.559 bits per heavy atom. The molecule has 4 aromatic rings. The van der Waals surface area contributed by atoms with E-state index in [1.54, 1.807) is 60.7 Å². The van der Waals surface area contributed by atoms with Gasteiger partial charge in [-0.15, -0.1) is 0 Å². The van der Waals surface area contributed by atoms with Gasteiger partial charge in [-0.1, -0.05) is 42.5 Å². The van der Waals surface area contributed by atoms with Gasteiger partial charge in [0.2, 0.25) is 0 Å². The van der Waals surface area contributed by atoms with Crippen LogP contribution >= 0.6 is 0 Å². The van der Waals surface area contributed by atoms with Gasteiger partial charge >= 0.3 is 0 Å². The summed E-state index contributed by atoms with van der Waals surface area (Å²) < 4.78 is 0. The number of fused-ring (bicyclic) bond motifs is 3. The van der Waals surface area contributed by atoms with Crippen molar-refractivity contribution in [1.82, 2.24) is 0 Å². The molecule has 0 fully saturated rings. The lowest BCUT2D eigenvalue weighted by atomic mass is 9.78. The molecule has 4 aromatic carbocycles. The van der Waals surface area contributed by atoms with Crippen LogP contribution < -0.4 is 0 Å². The van der Waals surface area contributed by atoms with Crippen LogP contribution in [-0.2, 0) is 0 Å². The van der Waals surface area contributed by atoms with E-state index in [0.29, 0.717) is 16.7 Å². The highest BCUT2D eigenvalue weighted by molar-refractivity contribution is 6.36. The van der Waals surface area contributed by atoms with Gasteiger partial charge in [0.1, 0.15) is 29.2 Å². The summed E-state index contributed by atoms with van der Waals surface area (Å²) in [6.07, 6.45) is 0. The van der Waals surface area contributed by atoms with Gasteiger partial charge in [0.05, 0.1) is 5.57 Å². The number of ketones is 1. The van der Waals surface area contributed by atoms with Crippen LogP contribution in [-0.4, -0.2) is 16.0 Å². The molecule has 5 heteroatoms. The topological polar surface area (TPSA) is 105 Å². The molecular weight excluding hydrogens is 424 g/mol. The van der Waals surface area contributed by atoms with Crippen LogP contribution in [0, 0.1) is 22.7 Å². The Kier molecular flexibility index (Phi) is 4.94. The smallest absolute Gasteiger partial charge is 0.196 e. The lowest BCUT2D eigenvalue weighted by Gasteiger charge is -2.23. The first-order chi connectivity index (χ1) is 16.5. The molecule has 1 aliphatic carbocycles. The first-order valence-electron chi connectivity index (χ1n) is 10.5. The van der Waals surface area contributed by atoms with Crippen molar-refractivity contribution < 1.29 is 15.0 Å². The zero-order chi connectivity index (χ0) is 23.8. The van der Waals surface area contributed by atoms with Crippen molar-refractivity contribution in [1.29, 1.82) is 10.5 Å². The van der Waals surface area contributed by atoms with E-state index in [2.05, 4.69) is 0 Å². The molecule has 0 aliphatic heterocycles. The number of hydrogen-bond donors (Lipinski definition) is 2. The molecule has 0 saturated carbocycles. The highest BCUT2D eigenvalue weighted by atomic mass is 16.3. The predicted molar refractivity (Wildman–Crippen MR) is 129 cm³/mol. The molecule has 0 saturated heterocycles. The minimum absolute atomic E-state index is 0.0992. The first-order valence-corrected chi connectivity index (χ1v) is 10.5. The van der Waals surface area contributed by atoms with E-state index < -0.39 is 0 Å². The second-order valence-electron chi connectivity index (χ2n) is 7.92. The van der Waals surface area contributed by atoms with Crippen LogP contribution in [0.5, 0.6) is 11.5 Å². The van der Waals surface area contributed by atoms with Gasteiger partial charge < -0.3 is 10.2 Å². The molecule has 0 bridgehead atoms. The number of benzene rings is 4. The van der Waals surface area contributed by atoms with Crippen molar-refractivity contribution in [2.45, 2.75) is 0 Å². The van der Waals surface area contributed by atoms with E-state index >= 15 is 0 Å². The standard InChI is InChI=1S/C29H16N2O3/c30-15-21(16-31)28-24-11-5-19(17-1-7-22(32)8-2-17)13-26(24)27-14-20(6-12-25(27)29(28)34)18-3-9-23(33)10-4-18/h1-14,32-33H. The number of allylic oxidation sites excluding steroid dienone is 2. The number of hydrogen-bond acceptors (Lipinski definition) is 5. The van der Waals surface area contributed by atoms with E-state index in [4.69, 9.17) is 0 Å². The van der Waals surface area contributed by atoms with Gasteiger partial charge in [-0.2, -0.15) is 10.5 Å². The summed E-state index contributed by atoms with van der Waals surface area (Å²) >= 11 is 0. The van der Waals surface area contributed by atoms with Crippen LogP contribution in [0.2, 0.25) is 0 Å². The third kappa shape index (κ3) is 3.39. The summed E-state index contributed by atoms with van der Waals surface area (Å²) in [5, 5.41) is 38.3. The molecule has 0 amide bonds. The summed E-state index contributed by atoms with van der Waals surface area (Å²) in [5.41, 5.74) is 5.73. The third-order valence-corrected chi connectivity index (χ3v) is 5.95. The third-order valence-electron chi connectivity index (χ3n) is 5.95. The first kappa shape index (κ1) is 20.8. The number of nitrogens with zero attached hydrogens (tertiary/aromatic N) is 2. The highest BCUT2D eigenvalue weighted by Gasteiger charge is 2.30. The van der Waals surface area contributed by atoms with Crippen molar-refractivity contribution in [3.63, 3.8) is 0 Å². The lowest BCUT2D eigenvalue weighted by molar-refractivity contribution is 0.105. The molecule has 0 spiro atoms. The molecular formula is C29H16N2O3. The van der Waals surface area contributed by atoms with Crippen LogP contribution in [0.4, 0.5) is 0 Å². The normalized spacial score (nSPS) is 11.7. The second kappa shape index (κ2) is 8.09.